The minimum atomic E-state index is -3.86. The van der Waals surface area contributed by atoms with Crippen LogP contribution in [-0.2, 0) is 19.6 Å². The van der Waals surface area contributed by atoms with E-state index >= 15 is 0 Å². The summed E-state index contributed by atoms with van der Waals surface area (Å²) < 4.78 is 54.1. The number of amides is 2. The van der Waals surface area contributed by atoms with E-state index in [4.69, 9.17) is 11.6 Å². The summed E-state index contributed by atoms with van der Waals surface area (Å²) in [4.78, 5) is 31.9. The molecule has 1 saturated heterocycles. The molecule has 15 heteroatoms. The molecule has 2 aromatic carbocycles. The topological polar surface area (TPSA) is 165 Å². The highest BCUT2D eigenvalue weighted by atomic mass is 35.5. The highest BCUT2D eigenvalue weighted by Crippen LogP contribution is 2.44. The molecule has 230 valence electrons. The summed E-state index contributed by atoms with van der Waals surface area (Å²) in [5.41, 5.74) is 0.893. The van der Waals surface area contributed by atoms with Gasteiger partial charge in [0.25, 0.3) is 5.92 Å². The van der Waals surface area contributed by atoms with Crippen molar-refractivity contribution in [3.63, 3.8) is 0 Å². The number of carbonyl (C=O) groups excluding carboxylic acids is 2. The molecule has 3 atom stereocenters. The first-order chi connectivity index (χ1) is 20.8. The third-order valence-electron chi connectivity index (χ3n) is 7.40. The van der Waals surface area contributed by atoms with Crippen LogP contribution in [0.1, 0.15) is 47.9 Å². The zero-order valence-corrected chi connectivity index (χ0v) is 24.7. The molecule has 2 heterocycles. The molecule has 2 fully saturated rings. The van der Waals surface area contributed by atoms with Crippen LogP contribution in [0.15, 0.2) is 60.8 Å². The number of hydrogen-bond donors (Lipinski definition) is 4. The molecule has 4 N–H and O–H groups in total. The first-order valence-electron chi connectivity index (χ1n) is 13.4. The number of aliphatic hydroxyl groups excluding tert-OH is 1. The van der Waals surface area contributed by atoms with Crippen molar-refractivity contribution < 1.29 is 31.9 Å². The highest BCUT2D eigenvalue weighted by molar-refractivity contribution is 7.92. The minimum absolute atomic E-state index is 0.0257. The minimum Gasteiger partial charge on any atom is -0.372 e. The number of aromatic nitrogens is 1. The number of sulfonamides is 1. The third-order valence-corrected chi connectivity index (χ3v) is 8.33. The number of alkyl halides is 2. The van der Waals surface area contributed by atoms with Crippen molar-refractivity contribution in [3.05, 3.63) is 82.5 Å². The van der Waals surface area contributed by atoms with Crippen molar-refractivity contribution >= 4 is 50.6 Å². The Kier molecular flexibility index (Phi) is 8.48. The van der Waals surface area contributed by atoms with E-state index in [0.717, 1.165) is 11.2 Å². The standard InChI is InChI=1S/C29H27ClF2N6O5S/c1-44(42,43)37-22-8-4-7-21(25(22)19-12-24(39)38(28(19)41)23-11-16(15-33)9-10-34-23)36-26(18-5-2-3-6-20(18)30)27(40)35-17-13-29(31,32)14-17/h2-11,17,19,26,28,36-37,41H,12-14H2,1H3,(H,35,40)/t19?,26-,28+/m0/s1. The van der Waals surface area contributed by atoms with Gasteiger partial charge in [-0.3, -0.25) is 19.2 Å². The van der Waals surface area contributed by atoms with Crippen LogP contribution in [0, 0.1) is 11.3 Å². The van der Waals surface area contributed by atoms with E-state index in [1.54, 1.807) is 24.3 Å². The van der Waals surface area contributed by atoms with Crippen molar-refractivity contribution in [2.24, 2.45) is 0 Å². The van der Waals surface area contributed by atoms with E-state index < -0.39 is 64.8 Å². The Hall–Kier alpha value is -4.32. The van der Waals surface area contributed by atoms with Crippen LogP contribution in [0.3, 0.4) is 0 Å². The van der Waals surface area contributed by atoms with E-state index in [9.17, 15) is 37.2 Å². The maximum atomic E-state index is 13.5. The molecule has 0 radical (unpaired) electrons. The van der Waals surface area contributed by atoms with E-state index in [1.165, 1.54) is 36.5 Å². The Balaban J connectivity index is 1.56. The van der Waals surface area contributed by atoms with Crippen LogP contribution >= 0.6 is 11.6 Å². The van der Waals surface area contributed by atoms with Gasteiger partial charge in [0.15, 0.2) is 0 Å². The summed E-state index contributed by atoms with van der Waals surface area (Å²) in [7, 11) is -3.86. The normalized spacial score (nSPS) is 20.4. The fraction of sp³-hybridized carbons (Fsp3) is 0.310. The van der Waals surface area contributed by atoms with Crippen molar-refractivity contribution in [3.8, 4) is 6.07 Å². The number of pyridine rings is 1. The molecule has 1 aliphatic heterocycles. The Bertz CT molecular complexity index is 1760. The molecule has 5 rings (SSSR count). The monoisotopic (exact) mass is 644 g/mol. The SMILES string of the molecule is CS(=O)(=O)Nc1cccc(N[C@H](C(=O)NC2CC(F)(F)C2)c2ccccc2Cl)c1C1CC(=O)N(c2cc(C#N)ccn2)[C@@H]1O. The largest absolute Gasteiger partial charge is 0.372 e. The predicted octanol–water partition coefficient (Wildman–Crippen LogP) is 3.88. The fourth-order valence-corrected chi connectivity index (χ4v) is 6.25. The lowest BCUT2D eigenvalue weighted by molar-refractivity contribution is -0.130. The average molecular weight is 645 g/mol. The van der Waals surface area contributed by atoms with E-state index in [2.05, 4.69) is 20.3 Å². The third kappa shape index (κ3) is 6.59. The molecular weight excluding hydrogens is 618 g/mol. The lowest BCUT2D eigenvalue weighted by atomic mass is 9.87. The Morgan fingerprint density at radius 3 is 2.55 bits per heavy atom. The number of benzene rings is 2. The van der Waals surface area contributed by atoms with Gasteiger partial charge in [0.1, 0.15) is 18.1 Å². The van der Waals surface area contributed by atoms with Crippen LogP contribution in [0.4, 0.5) is 26.0 Å². The lowest BCUT2D eigenvalue weighted by Gasteiger charge is -2.36. The molecule has 3 aromatic rings. The summed E-state index contributed by atoms with van der Waals surface area (Å²) in [6.45, 7) is 0. The van der Waals surface area contributed by atoms with Crippen molar-refractivity contribution in [1.82, 2.24) is 10.3 Å². The van der Waals surface area contributed by atoms with Gasteiger partial charge in [-0.1, -0.05) is 35.9 Å². The van der Waals surface area contributed by atoms with Gasteiger partial charge in [-0.15, -0.1) is 0 Å². The summed E-state index contributed by atoms with van der Waals surface area (Å²) in [6, 6.07) is 13.6. The van der Waals surface area contributed by atoms with Gasteiger partial charge < -0.3 is 15.7 Å². The molecule has 2 aliphatic rings. The maximum absolute atomic E-state index is 13.5. The summed E-state index contributed by atoms with van der Waals surface area (Å²) in [6.07, 6.45) is -0.600. The van der Waals surface area contributed by atoms with Gasteiger partial charge in [0, 0.05) is 59.3 Å². The van der Waals surface area contributed by atoms with E-state index in [-0.39, 0.29) is 39.8 Å². The highest BCUT2D eigenvalue weighted by Gasteiger charge is 2.47. The summed E-state index contributed by atoms with van der Waals surface area (Å²) in [5, 5.41) is 26.6. The predicted molar refractivity (Wildman–Crippen MR) is 159 cm³/mol. The average Bonchev–Trinajstić information content (AvgIpc) is 3.23. The Labute approximate surface area is 256 Å². The van der Waals surface area contributed by atoms with Crippen LogP contribution in [0.25, 0.3) is 0 Å². The van der Waals surface area contributed by atoms with Gasteiger partial charge in [-0.2, -0.15) is 5.26 Å². The van der Waals surface area contributed by atoms with Gasteiger partial charge in [-0.05, 0) is 30.3 Å². The van der Waals surface area contributed by atoms with E-state index in [0.29, 0.717) is 5.56 Å². The smallest absolute Gasteiger partial charge is 0.252 e. The Morgan fingerprint density at radius 2 is 1.89 bits per heavy atom. The van der Waals surface area contributed by atoms with E-state index in [1.807, 2.05) is 6.07 Å². The molecule has 0 spiro atoms. The van der Waals surface area contributed by atoms with Crippen molar-refractivity contribution in [2.75, 3.05) is 21.2 Å². The van der Waals surface area contributed by atoms with Gasteiger partial charge in [0.2, 0.25) is 21.8 Å². The Morgan fingerprint density at radius 1 is 1.18 bits per heavy atom. The number of aliphatic hydroxyl groups is 1. The fourth-order valence-electron chi connectivity index (χ4n) is 5.43. The number of rotatable bonds is 9. The number of halogens is 3. The lowest BCUT2D eigenvalue weighted by Crippen LogP contribution is -2.52. The summed E-state index contributed by atoms with van der Waals surface area (Å²) >= 11 is 6.45. The maximum Gasteiger partial charge on any atom is 0.252 e. The number of nitrogens with one attached hydrogen (secondary N) is 3. The second-order valence-electron chi connectivity index (χ2n) is 10.7. The zero-order chi connectivity index (χ0) is 31.8. The molecule has 1 aliphatic carbocycles. The van der Waals surface area contributed by atoms with Gasteiger partial charge >= 0.3 is 0 Å². The molecule has 2 amide bonds. The van der Waals surface area contributed by atoms with Crippen LogP contribution < -0.4 is 20.3 Å². The van der Waals surface area contributed by atoms with Crippen molar-refractivity contribution in [1.29, 1.82) is 5.26 Å². The molecule has 1 unspecified atom stereocenters. The molecule has 1 saturated carbocycles. The first kappa shape index (κ1) is 31.1. The molecule has 1 aromatic heterocycles. The number of carbonyl (C=O) groups is 2. The van der Waals surface area contributed by atoms with Gasteiger partial charge in [-0.25, -0.2) is 22.2 Å². The second-order valence-corrected chi connectivity index (χ2v) is 12.9. The molecule has 0 bridgehead atoms. The van der Waals surface area contributed by atoms with Crippen LogP contribution in [0.5, 0.6) is 0 Å². The second kappa shape index (κ2) is 12.0. The zero-order valence-electron chi connectivity index (χ0n) is 23.2. The van der Waals surface area contributed by atoms with Gasteiger partial charge in [0.05, 0.1) is 23.6 Å². The number of nitriles is 1. The molecule has 44 heavy (non-hydrogen) atoms. The first-order valence-corrected chi connectivity index (χ1v) is 15.7. The summed E-state index contributed by atoms with van der Waals surface area (Å²) in [5.74, 6) is -5.09. The number of nitrogens with zero attached hydrogens (tertiary/aromatic N) is 3. The molecular formula is C29H27ClF2N6O5S. The number of hydrogen-bond acceptors (Lipinski definition) is 8. The van der Waals surface area contributed by atoms with Crippen molar-refractivity contribution in [2.45, 2.75) is 49.4 Å². The molecule has 11 nitrogen and oxygen atoms in total. The number of anilines is 3. The van der Waals surface area contributed by atoms with Crippen LogP contribution in [0.2, 0.25) is 5.02 Å². The van der Waals surface area contributed by atoms with Crippen LogP contribution in [-0.4, -0.2) is 54.8 Å². The quantitative estimate of drug-likeness (QED) is 0.273.